The molecule has 2 heteroatoms. The molecule has 1 radical (unpaired) electrons. The number of hydrogen-bond acceptors (Lipinski definition) is 0. The first-order valence-electron chi connectivity index (χ1n) is 3.92. The van der Waals surface area contributed by atoms with E-state index in [2.05, 4.69) is 51.5 Å². The minimum Gasteiger partial charge on any atom is -0.327 e. The molecule has 0 saturated carbocycles. The van der Waals surface area contributed by atoms with Crippen LogP contribution in [-0.2, 0) is 23.6 Å². The summed E-state index contributed by atoms with van der Waals surface area (Å²) in [6.07, 6.45) is 0. The van der Waals surface area contributed by atoms with Gasteiger partial charge in [-0.05, 0) is 0 Å². The smallest absolute Gasteiger partial charge is 0.104 e. The largest absolute Gasteiger partial charge is 0.327 e. The molecular weight excluding hydrogens is 198 g/mol. The molecular formula is C10H16CuN+. The van der Waals surface area contributed by atoms with Crippen LogP contribution in [0.3, 0.4) is 0 Å². The summed E-state index contributed by atoms with van der Waals surface area (Å²) in [5.41, 5.74) is 1.40. The van der Waals surface area contributed by atoms with Gasteiger partial charge in [-0.3, -0.25) is 0 Å². The van der Waals surface area contributed by atoms with E-state index in [4.69, 9.17) is 0 Å². The van der Waals surface area contributed by atoms with E-state index < -0.39 is 0 Å². The molecule has 12 heavy (non-hydrogen) atoms. The fraction of sp³-hybridized carbons (Fsp3) is 0.400. The van der Waals surface area contributed by atoms with Gasteiger partial charge in [-0.25, -0.2) is 0 Å². The Labute approximate surface area is 85.5 Å². The van der Waals surface area contributed by atoms with Gasteiger partial charge in [-0.15, -0.1) is 0 Å². The fourth-order valence-corrected chi connectivity index (χ4v) is 1.13. The first-order valence-corrected chi connectivity index (χ1v) is 3.92. The van der Waals surface area contributed by atoms with Gasteiger partial charge >= 0.3 is 0 Å². The molecule has 0 atom stereocenters. The van der Waals surface area contributed by atoms with E-state index in [0.29, 0.717) is 0 Å². The molecule has 1 aromatic rings. The second-order valence-corrected chi connectivity index (χ2v) is 3.93. The molecule has 0 aliphatic carbocycles. The van der Waals surface area contributed by atoms with Crippen molar-refractivity contribution in [3.05, 3.63) is 35.9 Å². The van der Waals surface area contributed by atoms with E-state index in [1.807, 2.05) is 0 Å². The van der Waals surface area contributed by atoms with E-state index in [0.717, 1.165) is 11.0 Å². The monoisotopic (exact) mass is 213 g/mol. The van der Waals surface area contributed by atoms with Crippen LogP contribution in [0.2, 0.25) is 0 Å². The molecule has 1 aromatic carbocycles. The molecule has 0 unspecified atom stereocenters. The minimum atomic E-state index is 0. The van der Waals surface area contributed by atoms with Gasteiger partial charge in [0.05, 0.1) is 21.1 Å². The third kappa shape index (κ3) is 4.55. The van der Waals surface area contributed by atoms with Crippen LogP contribution in [0.1, 0.15) is 5.56 Å². The molecule has 0 bridgehead atoms. The Morgan fingerprint density at radius 2 is 1.50 bits per heavy atom. The van der Waals surface area contributed by atoms with Crippen LogP contribution in [0.4, 0.5) is 0 Å². The predicted molar refractivity (Wildman–Crippen MR) is 48.2 cm³/mol. The van der Waals surface area contributed by atoms with Gasteiger partial charge in [0.15, 0.2) is 0 Å². The van der Waals surface area contributed by atoms with E-state index >= 15 is 0 Å². The van der Waals surface area contributed by atoms with E-state index in [9.17, 15) is 0 Å². The molecule has 0 N–H and O–H groups in total. The van der Waals surface area contributed by atoms with Crippen LogP contribution in [-0.4, -0.2) is 25.6 Å². The molecule has 0 aliphatic heterocycles. The Kier molecular flexibility index (Phi) is 4.54. The van der Waals surface area contributed by atoms with E-state index in [-0.39, 0.29) is 17.1 Å². The third-order valence-electron chi connectivity index (χ3n) is 1.50. The maximum absolute atomic E-state index is 2.20. The average molecular weight is 214 g/mol. The Morgan fingerprint density at radius 3 is 1.92 bits per heavy atom. The van der Waals surface area contributed by atoms with Gasteiger partial charge in [0.1, 0.15) is 6.54 Å². The number of rotatable bonds is 2. The van der Waals surface area contributed by atoms with Crippen LogP contribution in [0, 0.1) is 0 Å². The van der Waals surface area contributed by atoms with E-state index in [1.54, 1.807) is 0 Å². The fourth-order valence-electron chi connectivity index (χ4n) is 1.13. The van der Waals surface area contributed by atoms with Crippen LogP contribution >= 0.6 is 0 Å². The maximum atomic E-state index is 2.20. The Balaban J connectivity index is 0.00000121. The summed E-state index contributed by atoms with van der Waals surface area (Å²) in [6.45, 7) is 1.10. The van der Waals surface area contributed by atoms with Crippen LogP contribution in [0.5, 0.6) is 0 Å². The zero-order valence-corrected chi connectivity index (χ0v) is 8.78. The van der Waals surface area contributed by atoms with E-state index in [1.165, 1.54) is 5.56 Å². The summed E-state index contributed by atoms with van der Waals surface area (Å²) in [4.78, 5) is 0. The summed E-state index contributed by atoms with van der Waals surface area (Å²) < 4.78 is 0.990. The Hall–Kier alpha value is -0.301. The number of benzene rings is 1. The molecule has 0 aromatic heterocycles. The quantitative estimate of drug-likeness (QED) is 0.520. The standard InChI is InChI=1S/C10H16N.Cu/c1-11(2,3)9-10-7-5-4-6-8-10;/h4-8H,9H2,1-3H3;/q+1;. The zero-order valence-electron chi connectivity index (χ0n) is 7.84. The first-order chi connectivity index (χ1) is 5.08. The second kappa shape index (κ2) is 4.66. The molecule has 0 spiro atoms. The summed E-state index contributed by atoms with van der Waals surface area (Å²) >= 11 is 0. The van der Waals surface area contributed by atoms with Gasteiger partial charge in [0.25, 0.3) is 0 Å². The first kappa shape index (κ1) is 11.7. The van der Waals surface area contributed by atoms with Gasteiger partial charge in [-0.1, -0.05) is 30.3 Å². The Morgan fingerprint density at radius 1 is 1.00 bits per heavy atom. The molecule has 0 heterocycles. The van der Waals surface area contributed by atoms with Gasteiger partial charge in [0.2, 0.25) is 0 Å². The molecule has 0 aliphatic rings. The minimum absolute atomic E-state index is 0. The van der Waals surface area contributed by atoms with Crippen molar-refractivity contribution in [1.82, 2.24) is 0 Å². The van der Waals surface area contributed by atoms with Crippen molar-refractivity contribution >= 4 is 0 Å². The normalized spacial score (nSPS) is 10.6. The zero-order chi connectivity index (χ0) is 8.32. The SMILES string of the molecule is C[N+](C)(C)Cc1ccccc1.[Cu]. The number of quaternary nitrogens is 1. The molecule has 1 rings (SSSR count). The Bertz CT molecular complexity index is 213. The summed E-state index contributed by atoms with van der Waals surface area (Å²) in [7, 11) is 6.60. The summed E-state index contributed by atoms with van der Waals surface area (Å²) in [5, 5.41) is 0. The molecule has 0 fully saturated rings. The van der Waals surface area contributed by atoms with Crippen LogP contribution in [0.15, 0.2) is 30.3 Å². The topological polar surface area (TPSA) is 0 Å². The second-order valence-electron chi connectivity index (χ2n) is 3.93. The van der Waals surface area contributed by atoms with Gasteiger partial charge < -0.3 is 4.48 Å². The van der Waals surface area contributed by atoms with Crippen molar-refractivity contribution in [2.45, 2.75) is 6.54 Å². The van der Waals surface area contributed by atoms with Crippen molar-refractivity contribution in [1.29, 1.82) is 0 Å². The van der Waals surface area contributed by atoms with Crippen molar-refractivity contribution in [3.63, 3.8) is 0 Å². The maximum Gasteiger partial charge on any atom is 0.104 e. The third-order valence-corrected chi connectivity index (χ3v) is 1.50. The van der Waals surface area contributed by atoms with Crippen molar-refractivity contribution < 1.29 is 21.6 Å². The predicted octanol–water partition coefficient (Wildman–Crippen LogP) is 1.89. The average Bonchev–Trinajstić information content (AvgIpc) is 1.85. The van der Waals surface area contributed by atoms with Crippen molar-refractivity contribution in [3.8, 4) is 0 Å². The van der Waals surface area contributed by atoms with Gasteiger partial charge in [0, 0.05) is 22.6 Å². The van der Waals surface area contributed by atoms with Crippen LogP contribution < -0.4 is 0 Å². The molecule has 0 saturated heterocycles. The van der Waals surface area contributed by atoms with Gasteiger partial charge in [-0.2, -0.15) is 0 Å². The summed E-state index contributed by atoms with van der Waals surface area (Å²) in [5.74, 6) is 0. The number of nitrogens with zero attached hydrogens (tertiary/aromatic N) is 1. The van der Waals surface area contributed by atoms with Crippen molar-refractivity contribution in [2.75, 3.05) is 21.1 Å². The number of hydrogen-bond donors (Lipinski definition) is 0. The van der Waals surface area contributed by atoms with Crippen molar-refractivity contribution in [2.24, 2.45) is 0 Å². The molecule has 71 valence electrons. The van der Waals surface area contributed by atoms with Crippen LogP contribution in [0.25, 0.3) is 0 Å². The molecule has 0 amide bonds. The molecule has 1 nitrogen and oxygen atoms in total. The summed E-state index contributed by atoms with van der Waals surface area (Å²) in [6, 6.07) is 10.6.